The number of likely N-dealkylation sites (tertiary alicyclic amines) is 1. The van der Waals surface area contributed by atoms with Gasteiger partial charge in [0.1, 0.15) is 0 Å². The zero-order valence-electron chi connectivity index (χ0n) is 14.6. The van der Waals surface area contributed by atoms with E-state index in [1.807, 2.05) is 24.3 Å². The van der Waals surface area contributed by atoms with Crippen LogP contribution >= 0.6 is 0 Å². The molecule has 2 heterocycles. The minimum absolute atomic E-state index is 0.0403. The summed E-state index contributed by atoms with van der Waals surface area (Å²) in [6.07, 6.45) is 1.26. The Hall–Kier alpha value is -2.27. The molecule has 0 bridgehead atoms. The van der Waals surface area contributed by atoms with Gasteiger partial charge in [-0.2, -0.15) is 0 Å². The maximum Gasteiger partial charge on any atom is 0.180 e. The summed E-state index contributed by atoms with van der Waals surface area (Å²) in [5, 5.41) is 1.09. The molecule has 1 aliphatic rings. The van der Waals surface area contributed by atoms with E-state index in [1.165, 1.54) is 13.0 Å². The van der Waals surface area contributed by atoms with Gasteiger partial charge in [-0.15, -0.1) is 0 Å². The van der Waals surface area contributed by atoms with Gasteiger partial charge in [0.15, 0.2) is 17.9 Å². The van der Waals surface area contributed by atoms with Gasteiger partial charge in [0.2, 0.25) is 0 Å². The van der Waals surface area contributed by atoms with Gasteiger partial charge in [-0.3, -0.25) is 4.90 Å². The van der Waals surface area contributed by atoms with E-state index in [0.29, 0.717) is 6.54 Å². The van der Waals surface area contributed by atoms with Crippen molar-refractivity contribution >= 4 is 10.9 Å². The Labute approximate surface area is 150 Å². The van der Waals surface area contributed by atoms with E-state index in [2.05, 4.69) is 11.1 Å². The van der Waals surface area contributed by atoms with Crippen LogP contribution in [0, 0.1) is 18.6 Å². The second-order valence-corrected chi connectivity index (χ2v) is 6.97. The number of benzene rings is 2. The Kier molecular flexibility index (Phi) is 4.49. The third kappa shape index (κ3) is 2.90. The maximum atomic E-state index is 15.4. The fourth-order valence-electron chi connectivity index (χ4n) is 3.94. The first-order chi connectivity index (χ1) is 12.6. The summed E-state index contributed by atoms with van der Waals surface area (Å²) in [5.41, 5.74) is 2.23. The molecule has 2 atom stereocenters. The van der Waals surface area contributed by atoms with Crippen molar-refractivity contribution in [3.05, 3.63) is 70.9 Å². The molecule has 2 nitrogen and oxygen atoms in total. The van der Waals surface area contributed by atoms with Crippen molar-refractivity contribution < 1.29 is 13.2 Å². The minimum Gasteiger partial charge on any atom is -0.357 e. The topological polar surface area (TPSA) is 19.0 Å². The lowest BCUT2D eigenvalue weighted by Crippen LogP contribution is -2.35. The molecule has 1 saturated heterocycles. The quantitative estimate of drug-likeness (QED) is 0.573. The average molecular weight is 358 g/mol. The number of hydrogen-bond acceptors (Lipinski definition) is 1. The number of rotatable bonds is 3. The summed E-state index contributed by atoms with van der Waals surface area (Å²) in [7, 11) is 0. The van der Waals surface area contributed by atoms with Crippen LogP contribution in [0.4, 0.5) is 13.2 Å². The van der Waals surface area contributed by atoms with Crippen LogP contribution in [-0.4, -0.2) is 16.4 Å². The Balaban J connectivity index is 1.70. The van der Waals surface area contributed by atoms with Crippen LogP contribution in [-0.2, 0) is 0 Å². The summed E-state index contributed by atoms with van der Waals surface area (Å²) >= 11 is 0. The van der Waals surface area contributed by atoms with Crippen molar-refractivity contribution in [1.29, 1.82) is 0 Å². The molecule has 1 fully saturated rings. The molecule has 1 aliphatic heterocycles. The smallest absolute Gasteiger partial charge is 0.180 e. The van der Waals surface area contributed by atoms with Crippen molar-refractivity contribution in [2.75, 3.05) is 6.54 Å². The fraction of sp³-hybridized carbons (Fsp3) is 0.333. The Morgan fingerprint density at radius 1 is 1.12 bits per heavy atom. The Bertz CT molecular complexity index is 901. The molecule has 0 spiro atoms. The highest BCUT2D eigenvalue weighted by Gasteiger charge is 2.33. The van der Waals surface area contributed by atoms with E-state index in [1.54, 1.807) is 4.90 Å². The van der Waals surface area contributed by atoms with Gasteiger partial charge in [0.25, 0.3) is 0 Å². The Morgan fingerprint density at radius 3 is 2.73 bits per heavy atom. The van der Waals surface area contributed by atoms with Crippen molar-refractivity contribution in [3.8, 4) is 0 Å². The van der Waals surface area contributed by atoms with Crippen LogP contribution in [0.3, 0.4) is 0 Å². The van der Waals surface area contributed by atoms with Gasteiger partial charge >= 0.3 is 0 Å². The van der Waals surface area contributed by atoms with Crippen LogP contribution in [0.1, 0.15) is 48.4 Å². The second kappa shape index (κ2) is 6.80. The molecule has 3 aromatic rings. The van der Waals surface area contributed by atoms with Crippen LogP contribution < -0.4 is 0 Å². The van der Waals surface area contributed by atoms with E-state index in [0.717, 1.165) is 41.9 Å². The standard InChI is InChI=1S/C21H21F3N2/c1-13-15(9-10-16(22)20(13)23)21(24)26-11-5-4-8-19(26)18-12-14-6-2-3-7-17(14)25-18/h2-3,6-7,9-10,12,19,21,25H,4-5,8,11H2,1H3. The molecular formula is C21H21F3N2. The summed E-state index contributed by atoms with van der Waals surface area (Å²) in [6.45, 7) is 2.02. The third-order valence-electron chi connectivity index (χ3n) is 5.38. The minimum atomic E-state index is -1.47. The Morgan fingerprint density at radius 2 is 1.92 bits per heavy atom. The van der Waals surface area contributed by atoms with Crippen molar-refractivity contribution in [2.24, 2.45) is 0 Å². The highest BCUT2D eigenvalue weighted by molar-refractivity contribution is 5.80. The molecule has 26 heavy (non-hydrogen) atoms. The molecular weight excluding hydrogens is 337 g/mol. The van der Waals surface area contributed by atoms with Crippen molar-refractivity contribution in [2.45, 2.75) is 38.5 Å². The van der Waals surface area contributed by atoms with E-state index in [-0.39, 0.29) is 17.2 Å². The largest absolute Gasteiger partial charge is 0.357 e. The lowest BCUT2D eigenvalue weighted by Gasteiger charge is -2.38. The van der Waals surface area contributed by atoms with Crippen molar-refractivity contribution in [1.82, 2.24) is 9.88 Å². The molecule has 5 heteroatoms. The SMILES string of the molecule is Cc1c(C(F)N2CCCCC2c2cc3ccccc3[nH]2)ccc(F)c1F. The predicted octanol–water partition coefficient (Wildman–Crippen LogP) is 5.95. The van der Waals surface area contributed by atoms with Gasteiger partial charge in [-0.25, -0.2) is 13.2 Å². The predicted molar refractivity (Wildman–Crippen MR) is 96.5 cm³/mol. The van der Waals surface area contributed by atoms with E-state index in [9.17, 15) is 8.78 Å². The number of nitrogens with one attached hydrogen (secondary N) is 1. The van der Waals surface area contributed by atoms with Gasteiger partial charge in [-0.1, -0.05) is 30.7 Å². The number of piperidine rings is 1. The molecule has 1 aromatic heterocycles. The molecule has 4 rings (SSSR count). The number of hydrogen-bond donors (Lipinski definition) is 1. The van der Waals surface area contributed by atoms with Gasteiger partial charge < -0.3 is 4.98 Å². The molecule has 0 radical (unpaired) electrons. The monoisotopic (exact) mass is 358 g/mol. The van der Waals surface area contributed by atoms with Gasteiger partial charge in [-0.05, 0) is 48.9 Å². The average Bonchev–Trinajstić information content (AvgIpc) is 3.10. The third-order valence-corrected chi connectivity index (χ3v) is 5.38. The first kappa shape index (κ1) is 17.2. The first-order valence-corrected chi connectivity index (χ1v) is 8.98. The van der Waals surface area contributed by atoms with Crippen LogP contribution in [0.2, 0.25) is 0 Å². The first-order valence-electron chi connectivity index (χ1n) is 8.98. The number of fused-ring (bicyclic) bond motifs is 1. The number of aromatic nitrogens is 1. The molecule has 2 aromatic carbocycles. The number of para-hydroxylation sites is 1. The van der Waals surface area contributed by atoms with Gasteiger partial charge in [0.05, 0.1) is 6.04 Å². The highest BCUT2D eigenvalue weighted by atomic mass is 19.2. The lowest BCUT2D eigenvalue weighted by atomic mass is 9.97. The maximum absolute atomic E-state index is 15.4. The zero-order valence-corrected chi connectivity index (χ0v) is 14.6. The van der Waals surface area contributed by atoms with E-state index in [4.69, 9.17) is 0 Å². The number of aromatic amines is 1. The summed E-state index contributed by atoms with van der Waals surface area (Å²) in [6, 6.07) is 12.3. The summed E-state index contributed by atoms with van der Waals surface area (Å²) < 4.78 is 42.7. The van der Waals surface area contributed by atoms with Crippen LogP contribution in [0.15, 0.2) is 42.5 Å². The van der Waals surface area contributed by atoms with E-state index >= 15 is 4.39 Å². The molecule has 2 unspecified atom stereocenters. The normalized spacial score (nSPS) is 19.8. The second-order valence-electron chi connectivity index (χ2n) is 6.97. The number of alkyl halides is 1. The van der Waals surface area contributed by atoms with Gasteiger partial charge in [0, 0.05) is 23.3 Å². The number of halogens is 3. The molecule has 0 saturated carbocycles. The number of H-pyrrole nitrogens is 1. The number of nitrogens with zero attached hydrogens (tertiary/aromatic N) is 1. The molecule has 0 aliphatic carbocycles. The summed E-state index contributed by atoms with van der Waals surface area (Å²) in [4.78, 5) is 5.15. The zero-order chi connectivity index (χ0) is 18.3. The molecule has 1 N–H and O–H groups in total. The lowest BCUT2D eigenvalue weighted by molar-refractivity contribution is 0.0135. The van der Waals surface area contributed by atoms with Crippen LogP contribution in [0.5, 0.6) is 0 Å². The highest BCUT2D eigenvalue weighted by Crippen LogP contribution is 2.39. The summed E-state index contributed by atoms with van der Waals surface area (Å²) in [5.74, 6) is -1.91. The fourth-order valence-corrected chi connectivity index (χ4v) is 3.94. The molecule has 136 valence electrons. The van der Waals surface area contributed by atoms with E-state index < -0.39 is 17.9 Å². The molecule has 0 amide bonds. The van der Waals surface area contributed by atoms with Crippen LogP contribution in [0.25, 0.3) is 10.9 Å². The van der Waals surface area contributed by atoms with Crippen molar-refractivity contribution in [3.63, 3.8) is 0 Å².